The van der Waals surface area contributed by atoms with Crippen LogP contribution in [0.4, 0.5) is 0 Å². The molecule has 0 aliphatic heterocycles. The molecule has 0 heterocycles. The fourth-order valence-electron chi connectivity index (χ4n) is 1.34. The summed E-state index contributed by atoms with van der Waals surface area (Å²) >= 11 is 4.38. The van der Waals surface area contributed by atoms with Gasteiger partial charge in [-0.25, -0.2) is 0 Å². The van der Waals surface area contributed by atoms with Gasteiger partial charge in [0.15, 0.2) is 0 Å². The van der Waals surface area contributed by atoms with Crippen LogP contribution < -0.4 is 29.6 Å². The van der Waals surface area contributed by atoms with E-state index >= 15 is 0 Å². The second-order valence-electron chi connectivity index (χ2n) is 3.82. The van der Waals surface area contributed by atoms with Crippen LogP contribution in [0, 0.1) is 5.92 Å². The first kappa shape index (κ1) is 16.6. The zero-order valence-corrected chi connectivity index (χ0v) is 13.6. The molecule has 16 heavy (non-hydrogen) atoms. The van der Waals surface area contributed by atoms with Gasteiger partial charge in [-0.2, -0.15) is 0 Å². The van der Waals surface area contributed by atoms with E-state index in [0.29, 0.717) is 5.92 Å². The fraction of sp³-hybridized carbons (Fsp3) is 0.455. The van der Waals surface area contributed by atoms with Crippen LogP contribution in [0.1, 0.15) is 25.8 Å². The van der Waals surface area contributed by atoms with Gasteiger partial charge in [0.1, 0.15) is 0 Å². The molecule has 5 heteroatoms. The molecule has 1 aromatic carbocycles. The second-order valence-corrected chi connectivity index (χ2v) is 6.51. The van der Waals surface area contributed by atoms with Crippen molar-refractivity contribution in [1.29, 1.82) is 0 Å². The van der Waals surface area contributed by atoms with E-state index < -0.39 is 8.77 Å². The molecule has 0 aliphatic carbocycles. The van der Waals surface area contributed by atoms with Gasteiger partial charge in [0.05, 0.1) is 0 Å². The molecule has 0 bridgehead atoms. The van der Waals surface area contributed by atoms with E-state index in [-0.39, 0.29) is 34.5 Å². The van der Waals surface area contributed by atoms with Crippen molar-refractivity contribution in [3.8, 4) is 0 Å². The van der Waals surface area contributed by atoms with Crippen molar-refractivity contribution in [3.63, 3.8) is 0 Å². The molecule has 0 aromatic heterocycles. The molecule has 0 spiro atoms. The minimum Gasteiger partial charge on any atom is -0.766 e. The quantitative estimate of drug-likeness (QED) is 0.691. The summed E-state index contributed by atoms with van der Waals surface area (Å²) in [6.45, 7) is 4.32. The molecule has 2 atom stereocenters. The van der Waals surface area contributed by atoms with Crippen LogP contribution in [0.15, 0.2) is 29.2 Å². The van der Waals surface area contributed by atoms with E-state index in [9.17, 15) is 8.76 Å². The normalized spacial score (nSPS) is 15.9. The number of hydrogen-bond acceptors (Lipinski definition) is 3. The molecule has 84 valence electrons. The van der Waals surface area contributed by atoms with Crippen molar-refractivity contribution in [2.24, 2.45) is 5.92 Å². The molecule has 1 rings (SSSR count). The van der Waals surface area contributed by atoms with Crippen molar-refractivity contribution >= 4 is 20.0 Å². The van der Waals surface area contributed by atoms with Crippen molar-refractivity contribution in [2.45, 2.75) is 31.6 Å². The smallest absolute Gasteiger partial charge is 0.766 e. The standard InChI is InChI=1S/C11H16O2S2.Na/c1-3-9(2)8-10-4-6-11(7-5-10)15(12,13)14;/h4-7,9H,3,8H2,1-2H3,(H,12,13,14);/q;+1/p-1. The summed E-state index contributed by atoms with van der Waals surface area (Å²) in [5, 5.41) is 0. The van der Waals surface area contributed by atoms with Crippen LogP contribution in [-0.2, 0) is 26.4 Å². The SMILES string of the molecule is CCC(C)Cc1ccc(S(=O)([O-])=S)cc1.[Na+]. The minimum absolute atomic E-state index is 0. The Hall–Kier alpha value is 0.550. The van der Waals surface area contributed by atoms with Crippen molar-refractivity contribution in [1.82, 2.24) is 0 Å². The predicted molar refractivity (Wildman–Crippen MR) is 64.2 cm³/mol. The molecule has 2 nitrogen and oxygen atoms in total. The molecule has 2 unspecified atom stereocenters. The number of rotatable bonds is 4. The molecule has 0 radical (unpaired) electrons. The van der Waals surface area contributed by atoms with E-state index in [1.54, 1.807) is 12.1 Å². The summed E-state index contributed by atoms with van der Waals surface area (Å²) in [6, 6.07) is 6.84. The van der Waals surface area contributed by atoms with E-state index in [1.807, 2.05) is 12.1 Å². The van der Waals surface area contributed by atoms with Gasteiger partial charge in [-0.15, -0.1) is 0 Å². The fourth-order valence-corrected chi connectivity index (χ4v) is 2.14. The van der Waals surface area contributed by atoms with Crippen LogP contribution in [0.3, 0.4) is 0 Å². The first-order chi connectivity index (χ1) is 6.93. The molecule has 0 N–H and O–H groups in total. The van der Waals surface area contributed by atoms with Gasteiger partial charge in [-0.05, 0) is 50.0 Å². The summed E-state index contributed by atoms with van der Waals surface area (Å²) in [6.07, 6.45) is 2.11. The maximum absolute atomic E-state index is 11.0. The first-order valence-electron chi connectivity index (χ1n) is 4.98. The molecular weight excluding hydrogens is 251 g/mol. The Morgan fingerprint density at radius 3 is 2.25 bits per heavy atom. The van der Waals surface area contributed by atoms with Crippen LogP contribution in [0.25, 0.3) is 0 Å². The second kappa shape index (κ2) is 7.09. The Morgan fingerprint density at radius 1 is 1.38 bits per heavy atom. The molecule has 0 fully saturated rings. The van der Waals surface area contributed by atoms with Crippen LogP contribution in [0.5, 0.6) is 0 Å². The monoisotopic (exact) mass is 266 g/mol. The molecule has 0 amide bonds. The van der Waals surface area contributed by atoms with E-state index in [4.69, 9.17) is 0 Å². The van der Waals surface area contributed by atoms with Gasteiger partial charge in [0.2, 0.25) is 0 Å². The Kier molecular flexibility index (Phi) is 7.33. The maximum atomic E-state index is 11.0. The van der Waals surface area contributed by atoms with Crippen molar-refractivity contribution in [3.05, 3.63) is 29.8 Å². The Balaban J connectivity index is 0.00000225. The summed E-state index contributed by atoms with van der Waals surface area (Å²) in [5.74, 6) is 0.621. The van der Waals surface area contributed by atoms with E-state index in [1.165, 1.54) is 0 Å². The molecular formula is C11H15NaO2S2. The number of hydrogen-bond donors (Lipinski definition) is 0. The van der Waals surface area contributed by atoms with E-state index in [2.05, 4.69) is 25.0 Å². The molecule has 0 saturated carbocycles. The van der Waals surface area contributed by atoms with Crippen molar-refractivity contribution in [2.75, 3.05) is 0 Å². The Labute approximate surface area is 125 Å². The average Bonchev–Trinajstić information content (AvgIpc) is 2.17. The summed E-state index contributed by atoms with van der Waals surface area (Å²) in [7, 11) is -3.47. The van der Waals surface area contributed by atoms with Crippen LogP contribution in [0.2, 0.25) is 0 Å². The Bertz CT molecular complexity index is 412. The van der Waals surface area contributed by atoms with Crippen molar-refractivity contribution < 1.29 is 38.3 Å². The average molecular weight is 266 g/mol. The van der Waals surface area contributed by atoms with Gasteiger partial charge < -0.3 is 4.55 Å². The van der Waals surface area contributed by atoms with Gasteiger partial charge in [-0.3, -0.25) is 4.21 Å². The zero-order valence-electron chi connectivity index (χ0n) is 9.93. The maximum Gasteiger partial charge on any atom is 1.00 e. The minimum atomic E-state index is -3.47. The summed E-state index contributed by atoms with van der Waals surface area (Å²) in [4.78, 5) is 0.213. The molecule has 0 aliphatic rings. The third-order valence-corrected chi connectivity index (χ3v) is 3.92. The molecule has 0 saturated heterocycles. The topological polar surface area (TPSA) is 40.1 Å². The van der Waals surface area contributed by atoms with Gasteiger partial charge >= 0.3 is 29.6 Å². The van der Waals surface area contributed by atoms with E-state index in [0.717, 1.165) is 18.4 Å². The summed E-state index contributed by atoms with van der Waals surface area (Å²) < 4.78 is 22.1. The third kappa shape index (κ3) is 5.25. The van der Waals surface area contributed by atoms with Gasteiger partial charge in [0, 0.05) is 4.90 Å². The molecule has 1 aromatic rings. The largest absolute Gasteiger partial charge is 1.00 e. The number of benzene rings is 1. The Morgan fingerprint density at radius 2 is 1.88 bits per heavy atom. The summed E-state index contributed by atoms with van der Waals surface area (Å²) in [5.41, 5.74) is 1.16. The van der Waals surface area contributed by atoms with Gasteiger partial charge in [-0.1, -0.05) is 32.4 Å². The first-order valence-corrected chi connectivity index (χ1v) is 7.39. The van der Waals surface area contributed by atoms with Gasteiger partial charge in [0.25, 0.3) is 0 Å². The zero-order chi connectivity index (χ0) is 11.5. The predicted octanol–water partition coefficient (Wildman–Crippen LogP) is -0.485. The van der Waals surface area contributed by atoms with Crippen LogP contribution >= 0.6 is 0 Å². The third-order valence-electron chi connectivity index (χ3n) is 2.49. The van der Waals surface area contributed by atoms with Crippen LogP contribution in [-0.4, -0.2) is 8.76 Å².